The molecule has 8 heteroatoms. The fraction of sp³-hybridized carbons (Fsp3) is 0.727. The van der Waals surface area contributed by atoms with Crippen molar-refractivity contribution in [2.75, 3.05) is 0 Å². The third-order valence-electron chi connectivity index (χ3n) is 2.97. The van der Waals surface area contributed by atoms with Gasteiger partial charge < -0.3 is 15.5 Å². The monoisotopic (exact) mass is 291 g/mol. The molecular weight excluding hydrogens is 272 g/mol. The summed E-state index contributed by atoms with van der Waals surface area (Å²) >= 11 is 0. The van der Waals surface area contributed by atoms with Gasteiger partial charge in [-0.3, -0.25) is 9.59 Å². The van der Waals surface area contributed by atoms with E-state index in [-0.39, 0.29) is 70.9 Å². The van der Waals surface area contributed by atoms with Gasteiger partial charge in [-0.2, -0.15) is 0 Å². The maximum atomic E-state index is 11.7. The van der Waals surface area contributed by atoms with Gasteiger partial charge in [-0.15, -0.1) is 0 Å². The molecule has 19 heavy (non-hydrogen) atoms. The molecule has 0 unspecified atom stereocenters. The first-order chi connectivity index (χ1) is 8.00. The zero-order chi connectivity index (χ0) is 12.8. The van der Waals surface area contributed by atoms with Crippen LogP contribution in [0.3, 0.4) is 0 Å². The molecule has 0 spiro atoms. The normalized spacial score (nSPS) is 16.4. The third kappa shape index (κ3) is 8.32. The van der Waals surface area contributed by atoms with Crippen molar-refractivity contribution in [3.05, 3.63) is 0 Å². The second kappa shape index (κ2) is 11.1. The Morgan fingerprint density at radius 3 is 2.00 bits per heavy atom. The van der Waals surface area contributed by atoms with Crippen LogP contribution in [0.5, 0.6) is 0 Å². The van der Waals surface area contributed by atoms with E-state index in [1.807, 2.05) is 0 Å². The van der Waals surface area contributed by atoms with Crippen LogP contribution in [0.25, 0.3) is 0 Å². The molecule has 0 aromatic rings. The van der Waals surface area contributed by atoms with Crippen LogP contribution in [0.4, 0.5) is 0 Å². The van der Waals surface area contributed by atoms with E-state index in [4.69, 9.17) is 10.2 Å². The number of hydrogen-bond acceptors (Lipinski definition) is 3. The molecular formula is C11H19NNa2O5. The van der Waals surface area contributed by atoms with Gasteiger partial charge in [-0.05, 0) is 12.8 Å². The summed E-state index contributed by atoms with van der Waals surface area (Å²) in [5.41, 5.74) is 0. The van der Waals surface area contributed by atoms with Crippen molar-refractivity contribution in [2.45, 2.75) is 44.6 Å². The average molecular weight is 291 g/mol. The molecule has 6 nitrogen and oxygen atoms in total. The van der Waals surface area contributed by atoms with Crippen molar-refractivity contribution in [3.63, 3.8) is 0 Å². The first kappa shape index (κ1) is 21.7. The molecule has 1 amide bonds. The second-order valence-electron chi connectivity index (χ2n) is 4.33. The molecule has 0 aliphatic heterocycles. The molecule has 0 aromatic heterocycles. The summed E-state index contributed by atoms with van der Waals surface area (Å²) in [6, 6.07) is -1.33. The summed E-state index contributed by atoms with van der Waals surface area (Å²) in [4.78, 5) is 33.0. The van der Waals surface area contributed by atoms with Gasteiger partial charge >= 0.3 is 71.1 Å². The van der Waals surface area contributed by atoms with Crippen molar-refractivity contribution in [1.82, 2.24) is 5.32 Å². The third-order valence-corrected chi connectivity index (χ3v) is 2.97. The van der Waals surface area contributed by atoms with Crippen LogP contribution in [0.15, 0.2) is 0 Å². The molecule has 1 aliphatic rings. The number of rotatable bonds is 5. The molecule has 1 aliphatic carbocycles. The number of nitrogens with one attached hydrogen (secondary N) is 1. The molecule has 100 valence electrons. The Hall–Kier alpha value is 0.410. The van der Waals surface area contributed by atoms with E-state index in [1.54, 1.807) is 0 Å². The minimum absolute atomic E-state index is 0. The summed E-state index contributed by atoms with van der Waals surface area (Å²) in [6.45, 7) is 0. The fourth-order valence-corrected chi connectivity index (χ4v) is 2.03. The van der Waals surface area contributed by atoms with E-state index in [0.717, 1.165) is 32.1 Å². The maximum absolute atomic E-state index is 11.7. The van der Waals surface area contributed by atoms with E-state index in [9.17, 15) is 14.4 Å². The molecule has 1 rings (SSSR count). The van der Waals surface area contributed by atoms with E-state index in [2.05, 4.69) is 5.32 Å². The summed E-state index contributed by atoms with van der Waals surface area (Å²) in [7, 11) is 0. The minimum atomic E-state index is -1.33. The summed E-state index contributed by atoms with van der Waals surface area (Å²) < 4.78 is 0. The van der Waals surface area contributed by atoms with Gasteiger partial charge in [0.25, 0.3) is 0 Å². The van der Waals surface area contributed by atoms with Gasteiger partial charge in [-0.1, -0.05) is 19.3 Å². The van der Waals surface area contributed by atoms with Crippen molar-refractivity contribution in [1.29, 1.82) is 0 Å². The van der Waals surface area contributed by atoms with Gasteiger partial charge in [0.2, 0.25) is 5.91 Å². The zero-order valence-electron chi connectivity index (χ0n) is 9.52. The van der Waals surface area contributed by atoms with E-state index in [0.29, 0.717) is 0 Å². The van der Waals surface area contributed by atoms with Crippen LogP contribution < -0.4 is 5.32 Å². The van der Waals surface area contributed by atoms with Crippen molar-refractivity contribution >= 4 is 77.0 Å². The van der Waals surface area contributed by atoms with Crippen LogP contribution in [-0.4, -0.2) is 93.2 Å². The Morgan fingerprint density at radius 1 is 1.05 bits per heavy atom. The standard InChI is InChI=1S/C11H17NO5.2Na.2H/c13-9(14)6-8(11(16)17)12-10(15)7-4-2-1-3-5-7;;;;/h7-8H,1-6H2,(H,12,15)(H,13,14)(H,16,17);;;;/t8-;;;;/m0..../s1. The summed E-state index contributed by atoms with van der Waals surface area (Å²) in [5, 5.41) is 19.6. The first-order valence-electron chi connectivity index (χ1n) is 5.75. The van der Waals surface area contributed by atoms with Gasteiger partial charge in [-0.25, -0.2) is 4.79 Å². The number of carboxylic acids is 2. The van der Waals surface area contributed by atoms with Gasteiger partial charge in [0.05, 0.1) is 6.42 Å². The molecule has 0 radical (unpaired) electrons. The van der Waals surface area contributed by atoms with Crippen LogP contribution in [0.1, 0.15) is 38.5 Å². The van der Waals surface area contributed by atoms with Crippen molar-refractivity contribution < 1.29 is 24.6 Å². The average Bonchev–Trinajstić information content (AvgIpc) is 2.28. The Kier molecular flexibility index (Phi) is 12.7. The quantitative estimate of drug-likeness (QED) is 0.582. The second-order valence-corrected chi connectivity index (χ2v) is 4.33. The number of hydrogen-bond donors (Lipinski definition) is 3. The van der Waals surface area contributed by atoms with Gasteiger partial charge in [0, 0.05) is 5.92 Å². The number of carbonyl (C=O) groups is 3. The van der Waals surface area contributed by atoms with Crippen LogP contribution in [-0.2, 0) is 14.4 Å². The Morgan fingerprint density at radius 2 is 1.58 bits per heavy atom. The Balaban J connectivity index is 0. The molecule has 0 saturated heterocycles. The van der Waals surface area contributed by atoms with Crippen LogP contribution in [0.2, 0.25) is 0 Å². The van der Waals surface area contributed by atoms with Crippen LogP contribution in [0, 0.1) is 5.92 Å². The molecule has 1 atom stereocenters. The van der Waals surface area contributed by atoms with Gasteiger partial charge in [0.15, 0.2) is 0 Å². The van der Waals surface area contributed by atoms with E-state index >= 15 is 0 Å². The fourth-order valence-electron chi connectivity index (χ4n) is 2.03. The molecule has 0 aromatic carbocycles. The zero-order valence-corrected chi connectivity index (χ0v) is 9.52. The Labute approximate surface area is 156 Å². The Bertz CT molecular complexity index is 318. The number of aliphatic carboxylic acids is 2. The summed E-state index contributed by atoms with van der Waals surface area (Å²) in [5.74, 6) is -3.05. The van der Waals surface area contributed by atoms with Crippen molar-refractivity contribution in [2.24, 2.45) is 5.92 Å². The number of amides is 1. The molecule has 3 N–H and O–H groups in total. The number of carbonyl (C=O) groups excluding carboxylic acids is 1. The molecule has 1 fully saturated rings. The molecule has 0 bridgehead atoms. The van der Waals surface area contributed by atoms with E-state index < -0.39 is 24.4 Å². The number of carboxylic acid groups (broad SMARTS) is 2. The topological polar surface area (TPSA) is 104 Å². The molecule has 1 saturated carbocycles. The predicted molar refractivity (Wildman–Crippen MR) is 72.7 cm³/mol. The molecule has 0 heterocycles. The SMILES string of the molecule is O=C(O)C[C@H](NC(=O)C1CCCCC1)C(=O)O.[NaH].[NaH]. The van der Waals surface area contributed by atoms with Crippen LogP contribution >= 0.6 is 0 Å². The van der Waals surface area contributed by atoms with E-state index in [1.165, 1.54) is 0 Å². The van der Waals surface area contributed by atoms with Gasteiger partial charge in [0.1, 0.15) is 6.04 Å². The summed E-state index contributed by atoms with van der Waals surface area (Å²) in [6.07, 6.45) is 3.95. The predicted octanol–water partition coefficient (Wildman–Crippen LogP) is -0.686. The first-order valence-corrected chi connectivity index (χ1v) is 5.75. The van der Waals surface area contributed by atoms with Crippen molar-refractivity contribution in [3.8, 4) is 0 Å².